The lowest BCUT2D eigenvalue weighted by Crippen LogP contribution is -2.42. The van der Waals surface area contributed by atoms with Gasteiger partial charge in [-0.2, -0.15) is 0 Å². The summed E-state index contributed by atoms with van der Waals surface area (Å²) in [5, 5.41) is 8.58. The van der Waals surface area contributed by atoms with E-state index in [9.17, 15) is 0 Å². The number of nitrogens with zero attached hydrogens (tertiary/aromatic N) is 1. The number of hydrogen-bond donors (Lipinski definition) is 1. The molecule has 18 heavy (non-hydrogen) atoms. The normalized spacial score (nSPS) is 21.9. The molecule has 2 rings (SSSR count). The molecule has 0 saturated heterocycles. The van der Waals surface area contributed by atoms with Crippen LogP contribution < -0.4 is 0 Å². The molecular weight excluding hydrogens is 220 g/mol. The number of hydrogen-bond acceptors (Lipinski definition) is 1. The topological polar surface area (TPSA) is 27.1 Å². The zero-order chi connectivity index (χ0) is 13.0. The molecule has 2 aliphatic carbocycles. The summed E-state index contributed by atoms with van der Waals surface area (Å²) in [5.74, 6) is 2.32. The van der Waals surface area contributed by atoms with Crippen LogP contribution in [-0.4, -0.2) is 23.3 Å². The maximum atomic E-state index is 8.58. The second-order valence-electron chi connectivity index (χ2n) is 6.68. The molecule has 2 fully saturated rings. The summed E-state index contributed by atoms with van der Waals surface area (Å²) < 4.78 is 0. The van der Waals surface area contributed by atoms with E-state index in [0.717, 1.165) is 18.3 Å². The lowest BCUT2D eigenvalue weighted by atomic mass is 10.0. The first-order valence-corrected chi connectivity index (χ1v) is 8.03. The minimum atomic E-state index is 0.581. The first-order valence-electron chi connectivity index (χ1n) is 8.03. The maximum Gasteiger partial charge on any atom is 0.0991 e. The molecule has 0 aromatic heterocycles. The monoisotopic (exact) mass is 250 g/mol. The van der Waals surface area contributed by atoms with Gasteiger partial charge in [0.05, 0.1) is 5.84 Å². The van der Waals surface area contributed by atoms with Gasteiger partial charge in [-0.15, -0.1) is 0 Å². The van der Waals surface area contributed by atoms with E-state index in [2.05, 4.69) is 18.7 Å². The summed E-state index contributed by atoms with van der Waals surface area (Å²) in [6.07, 6.45) is 11.9. The Morgan fingerprint density at radius 1 is 1.06 bits per heavy atom. The van der Waals surface area contributed by atoms with Crippen molar-refractivity contribution in [3.8, 4) is 0 Å². The highest BCUT2D eigenvalue weighted by atomic mass is 15.2. The van der Waals surface area contributed by atoms with Crippen molar-refractivity contribution >= 4 is 5.84 Å². The van der Waals surface area contributed by atoms with Crippen molar-refractivity contribution < 1.29 is 0 Å². The maximum absolute atomic E-state index is 8.58. The van der Waals surface area contributed by atoms with Crippen molar-refractivity contribution in [1.29, 1.82) is 5.41 Å². The minimum Gasteiger partial charge on any atom is -0.357 e. The zero-order valence-corrected chi connectivity index (χ0v) is 12.3. The van der Waals surface area contributed by atoms with E-state index in [4.69, 9.17) is 5.41 Å². The van der Waals surface area contributed by atoms with Gasteiger partial charge in [-0.3, -0.25) is 5.41 Å². The Balaban J connectivity index is 1.95. The SMILES string of the molecule is CC(C)CCN(C(=N)C1CCCC1)C1CCCC1. The van der Waals surface area contributed by atoms with Crippen molar-refractivity contribution in [2.24, 2.45) is 11.8 Å². The summed E-state index contributed by atoms with van der Waals surface area (Å²) in [4.78, 5) is 2.49. The quantitative estimate of drug-likeness (QED) is 0.566. The summed E-state index contributed by atoms with van der Waals surface area (Å²) in [5.41, 5.74) is 0. The van der Waals surface area contributed by atoms with Gasteiger partial charge < -0.3 is 4.90 Å². The number of rotatable bonds is 5. The average molecular weight is 250 g/mol. The zero-order valence-electron chi connectivity index (χ0n) is 12.3. The Labute approximate surface area is 113 Å². The van der Waals surface area contributed by atoms with E-state index in [1.165, 1.54) is 57.8 Å². The first-order chi connectivity index (χ1) is 8.68. The van der Waals surface area contributed by atoms with Crippen molar-refractivity contribution in [2.75, 3.05) is 6.54 Å². The van der Waals surface area contributed by atoms with Crippen molar-refractivity contribution in [1.82, 2.24) is 4.90 Å². The summed E-state index contributed by atoms with van der Waals surface area (Å²) in [7, 11) is 0. The van der Waals surface area contributed by atoms with Crippen LogP contribution in [-0.2, 0) is 0 Å². The van der Waals surface area contributed by atoms with Gasteiger partial charge >= 0.3 is 0 Å². The molecule has 2 saturated carbocycles. The van der Waals surface area contributed by atoms with Crippen molar-refractivity contribution in [2.45, 2.75) is 77.7 Å². The Bertz CT molecular complexity index is 260. The summed E-state index contributed by atoms with van der Waals surface area (Å²) in [6.45, 7) is 5.72. The fourth-order valence-electron chi connectivity index (χ4n) is 3.55. The molecule has 0 unspecified atom stereocenters. The fraction of sp³-hybridized carbons (Fsp3) is 0.938. The lowest BCUT2D eigenvalue weighted by molar-refractivity contribution is 0.280. The van der Waals surface area contributed by atoms with Crippen molar-refractivity contribution in [3.05, 3.63) is 0 Å². The van der Waals surface area contributed by atoms with Crippen LogP contribution in [0.1, 0.15) is 71.6 Å². The largest absolute Gasteiger partial charge is 0.357 e. The molecule has 2 heteroatoms. The molecule has 0 spiro atoms. The number of nitrogens with one attached hydrogen (secondary N) is 1. The second-order valence-corrected chi connectivity index (χ2v) is 6.68. The summed E-state index contributed by atoms with van der Waals surface area (Å²) >= 11 is 0. The van der Waals surface area contributed by atoms with Gasteiger partial charge in [0, 0.05) is 18.5 Å². The Hall–Kier alpha value is -0.530. The molecule has 0 aliphatic heterocycles. The highest BCUT2D eigenvalue weighted by molar-refractivity contribution is 5.82. The number of amidine groups is 1. The molecule has 0 aromatic rings. The summed E-state index contributed by atoms with van der Waals surface area (Å²) in [6, 6.07) is 0.692. The predicted octanol–water partition coefficient (Wildman–Crippen LogP) is 4.44. The molecular formula is C16H30N2. The Morgan fingerprint density at radius 3 is 2.17 bits per heavy atom. The van der Waals surface area contributed by atoms with Gasteiger partial charge in [0.2, 0.25) is 0 Å². The third-order valence-corrected chi connectivity index (χ3v) is 4.76. The van der Waals surface area contributed by atoms with Crippen LogP contribution in [0.4, 0.5) is 0 Å². The first kappa shape index (κ1) is 13.9. The van der Waals surface area contributed by atoms with E-state index < -0.39 is 0 Å². The molecule has 1 N–H and O–H groups in total. The minimum absolute atomic E-state index is 0.581. The Morgan fingerprint density at radius 2 is 1.61 bits per heavy atom. The van der Waals surface area contributed by atoms with Crippen LogP contribution in [0, 0.1) is 17.2 Å². The second kappa shape index (κ2) is 6.58. The third-order valence-electron chi connectivity index (χ3n) is 4.76. The van der Waals surface area contributed by atoms with Crippen molar-refractivity contribution in [3.63, 3.8) is 0 Å². The molecule has 0 heterocycles. The van der Waals surface area contributed by atoms with Gasteiger partial charge in [-0.25, -0.2) is 0 Å². The van der Waals surface area contributed by atoms with Gasteiger partial charge in [-0.05, 0) is 38.0 Å². The molecule has 0 atom stereocenters. The lowest BCUT2D eigenvalue weighted by Gasteiger charge is -2.34. The van der Waals surface area contributed by atoms with E-state index in [1.807, 2.05) is 0 Å². The standard InChI is InChI=1S/C16H30N2/c1-13(2)11-12-18(15-9-5-6-10-15)16(17)14-7-3-4-8-14/h13-15,17H,3-12H2,1-2H3. The van der Waals surface area contributed by atoms with E-state index >= 15 is 0 Å². The van der Waals surface area contributed by atoms with E-state index in [1.54, 1.807) is 0 Å². The molecule has 2 aliphatic rings. The van der Waals surface area contributed by atoms with E-state index in [-0.39, 0.29) is 0 Å². The van der Waals surface area contributed by atoms with Gasteiger partial charge in [-0.1, -0.05) is 39.5 Å². The van der Waals surface area contributed by atoms with Crippen LogP contribution in [0.15, 0.2) is 0 Å². The molecule has 0 aromatic carbocycles. The van der Waals surface area contributed by atoms with Gasteiger partial charge in [0.15, 0.2) is 0 Å². The molecule has 0 radical (unpaired) electrons. The van der Waals surface area contributed by atoms with Gasteiger partial charge in [0.1, 0.15) is 0 Å². The molecule has 0 bridgehead atoms. The molecule has 2 nitrogen and oxygen atoms in total. The van der Waals surface area contributed by atoms with Gasteiger partial charge in [0.25, 0.3) is 0 Å². The highest BCUT2D eigenvalue weighted by Crippen LogP contribution is 2.31. The van der Waals surface area contributed by atoms with Crippen LogP contribution in [0.5, 0.6) is 0 Å². The predicted molar refractivity (Wildman–Crippen MR) is 78.1 cm³/mol. The van der Waals surface area contributed by atoms with Crippen LogP contribution in [0.25, 0.3) is 0 Å². The molecule has 104 valence electrons. The highest BCUT2D eigenvalue weighted by Gasteiger charge is 2.29. The Kier molecular flexibility index (Phi) is 5.08. The average Bonchev–Trinajstić information content (AvgIpc) is 3.01. The third kappa shape index (κ3) is 3.49. The van der Waals surface area contributed by atoms with Crippen LogP contribution in [0.2, 0.25) is 0 Å². The van der Waals surface area contributed by atoms with Crippen LogP contribution in [0.3, 0.4) is 0 Å². The van der Waals surface area contributed by atoms with E-state index in [0.29, 0.717) is 12.0 Å². The fourth-order valence-corrected chi connectivity index (χ4v) is 3.55. The smallest absolute Gasteiger partial charge is 0.0991 e. The van der Waals surface area contributed by atoms with Crippen LogP contribution >= 0.6 is 0 Å². The molecule has 0 amide bonds.